The van der Waals surface area contributed by atoms with Crippen LogP contribution in [0.3, 0.4) is 0 Å². The Morgan fingerprint density at radius 1 is 1.14 bits per heavy atom. The third-order valence-electron chi connectivity index (χ3n) is 6.22. The Balaban J connectivity index is 1.43. The lowest BCUT2D eigenvalue weighted by molar-refractivity contribution is -0.670. The fourth-order valence-corrected chi connectivity index (χ4v) is 6.85. The van der Waals surface area contributed by atoms with Crippen molar-refractivity contribution in [3.05, 3.63) is 64.9 Å². The number of nitrogens with one attached hydrogen (secondary N) is 1. The van der Waals surface area contributed by atoms with Crippen LogP contribution in [0.15, 0.2) is 59.8 Å². The molecule has 9 nitrogen and oxygen atoms in total. The van der Waals surface area contributed by atoms with E-state index in [1.165, 1.54) is 33.7 Å². The van der Waals surface area contributed by atoms with Crippen LogP contribution in [0.25, 0.3) is 21.0 Å². The van der Waals surface area contributed by atoms with Crippen LogP contribution in [-0.2, 0) is 21.9 Å². The van der Waals surface area contributed by atoms with E-state index >= 15 is 0 Å². The van der Waals surface area contributed by atoms with Crippen LogP contribution < -0.4 is 9.88 Å². The summed E-state index contributed by atoms with van der Waals surface area (Å²) in [5.74, 6) is -0.837. The minimum Gasteiger partial charge on any atom is -0.357 e. The molecule has 1 saturated heterocycles. The van der Waals surface area contributed by atoms with Gasteiger partial charge in [0, 0.05) is 37.8 Å². The van der Waals surface area contributed by atoms with Gasteiger partial charge in [-0.3, -0.25) is 9.59 Å². The largest absolute Gasteiger partial charge is 0.357 e. The molecule has 1 fully saturated rings. The number of hydrogen-bond acceptors (Lipinski definition) is 6. The highest BCUT2D eigenvalue weighted by atomic mass is 35.5. The molecule has 5 rings (SSSR count). The summed E-state index contributed by atoms with van der Waals surface area (Å²) >= 11 is 7.29. The second-order valence-corrected chi connectivity index (χ2v) is 11.9. The van der Waals surface area contributed by atoms with E-state index in [-0.39, 0.29) is 29.5 Å². The molecule has 36 heavy (non-hydrogen) atoms. The van der Waals surface area contributed by atoms with Crippen molar-refractivity contribution in [2.75, 3.05) is 26.7 Å². The number of sulfonamides is 1. The van der Waals surface area contributed by atoms with Gasteiger partial charge in [0.25, 0.3) is 5.91 Å². The van der Waals surface area contributed by atoms with Gasteiger partial charge in [0.05, 0.1) is 9.60 Å². The predicted molar refractivity (Wildman–Crippen MR) is 137 cm³/mol. The van der Waals surface area contributed by atoms with E-state index in [1.807, 2.05) is 30.1 Å². The molecule has 3 heterocycles. The summed E-state index contributed by atoms with van der Waals surface area (Å²) in [6.07, 6.45) is 3.69. The van der Waals surface area contributed by atoms with Crippen molar-refractivity contribution in [2.45, 2.75) is 10.9 Å². The minimum absolute atomic E-state index is 0.0556. The molecule has 2 aromatic heterocycles. The smallest absolute Gasteiger partial charge is 0.283 e. The predicted octanol–water partition coefficient (Wildman–Crippen LogP) is 2.19. The van der Waals surface area contributed by atoms with Crippen molar-refractivity contribution >= 4 is 65.8 Å². The van der Waals surface area contributed by atoms with Crippen molar-refractivity contribution in [2.24, 2.45) is 7.05 Å². The molecule has 1 aliphatic rings. The minimum atomic E-state index is -3.91. The fourth-order valence-electron chi connectivity index (χ4n) is 4.31. The summed E-state index contributed by atoms with van der Waals surface area (Å²) < 4.78 is 31.0. The van der Waals surface area contributed by atoms with Crippen molar-refractivity contribution in [3.8, 4) is 0 Å². The zero-order valence-electron chi connectivity index (χ0n) is 19.5. The molecule has 0 bridgehead atoms. The first kappa shape index (κ1) is 24.6. The van der Waals surface area contributed by atoms with Crippen LogP contribution in [0.5, 0.6) is 0 Å². The first-order valence-electron chi connectivity index (χ1n) is 11.2. The van der Waals surface area contributed by atoms with E-state index in [0.29, 0.717) is 10.5 Å². The number of carbonyl (C=O) groups excluding carboxylic acids is 2. The number of carbonyl (C=O) groups is 2. The van der Waals surface area contributed by atoms with Gasteiger partial charge in [-0.25, -0.2) is 18.0 Å². The summed E-state index contributed by atoms with van der Waals surface area (Å²) in [6.45, 7) is -0.0463. The standard InChI is InChI=1S/C24H22ClN5O4S2/c1-26-22(31)20-14-29(36(33,34)18-6-4-15-11-17(25)5-3-16(15)12-18)9-10-30(20)24(32)23-27-19-13-28(2)8-7-21(19)35-23/h3-8,11-13,20H,9-10,14H2,1-2H3/p+1. The number of thiazole rings is 1. The Morgan fingerprint density at radius 3 is 2.67 bits per heavy atom. The van der Waals surface area contributed by atoms with E-state index in [0.717, 1.165) is 15.5 Å². The third-order valence-corrected chi connectivity index (χ3v) is 9.34. The van der Waals surface area contributed by atoms with Gasteiger partial charge >= 0.3 is 0 Å². The highest BCUT2D eigenvalue weighted by molar-refractivity contribution is 7.89. The fraction of sp³-hybridized carbons (Fsp3) is 0.250. The number of fused-ring (bicyclic) bond motifs is 2. The second-order valence-electron chi connectivity index (χ2n) is 8.52. The average molecular weight is 545 g/mol. The number of amides is 2. The van der Waals surface area contributed by atoms with Gasteiger partial charge in [0.15, 0.2) is 17.4 Å². The first-order valence-corrected chi connectivity index (χ1v) is 13.8. The topological polar surface area (TPSA) is 104 Å². The van der Waals surface area contributed by atoms with E-state index < -0.39 is 27.9 Å². The normalized spacial score (nSPS) is 17.0. The number of pyridine rings is 1. The lowest BCUT2D eigenvalue weighted by Gasteiger charge is -2.39. The third kappa shape index (κ3) is 4.43. The molecular weight excluding hydrogens is 522 g/mol. The maximum atomic E-state index is 13.5. The monoisotopic (exact) mass is 544 g/mol. The summed E-state index contributed by atoms with van der Waals surface area (Å²) in [7, 11) is -0.581. The van der Waals surface area contributed by atoms with E-state index in [1.54, 1.807) is 30.3 Å². The molecule has 1 unspecified atom stereocenters. The molecule has 0 saturated carbocycles. The number of rotatable bonds is 4. The van der Waals surface area contributed by atoms with Crippen molar-refractivity contribution < 1.29 is 22.6 Å². The van der Waals surface area contributed by atoms with Gasteiger partial charge in [0.2, 0.25) is 15.9 Å². The zero-order valence-corrected chi connectivity index (χ0v) is 21.9. The van der Waals surface area contributed by atoms with Crippen molar-refractivity contribution in [1.29, 1.82) is 0 Å². The number of hydrogen-bond donors (Lipinski definition) is 1. The van der Waals surface area contributed by atoms with Crippen LogP contribution in [-0.4, -0.2) is 67.1 Å². The average Bonchev–Trinajstić information content (AvgIpc) is 3.30. The first-order chi connectivity index (χ1) is 17.2. The molecule has 186 valence electrons. The van der Waals surface area contributed by atoms with Gasteiger partial charge in [-0.05, 0) is 35.0 Å². The van der Waals surface area contributed by atoms with Gasteiger partial charge in [-0.2, -0.15) is 4.31 Å². The SMILES string of the molecule is CNC(=O)C1CN(S(=O)(=O)c2ccc3cc(Cl)ccc3c2)CCN1C(=O)c1nc2c[n+](C)ccc2s1. The number of nitrogens with zero attached hydrogens (tertiary/aromatic N) is 4. The number of aryl methyl sites for hydroxylation is 1. The van der Waals surface area contributed by atoms with Gasteiger partial charge in [-0.15, -0.1) is 11.3 Å². The quantitative estimate of drug-likeness (QED) is 0.397. The van der Waals surface area contributed by atoms with Gasteiger partial charge in [0.1, 0.15) is 18.6 Å². The lowest BCUT2D eigenvalue weighted by Crippen LogP contribution is -2.61. The zero-order chi connectivity index (χ0) is 25.6. The molecule has 1 atom stereocenters. The molecule has 0 radical (unpaired) electrons. The van der Waals surface area contributed by atoms with E-state index in [2.05, 4.69) is 10.3 Å². The molecule has 12 heteroatoms. The Hall–Kier alpha value is -3.12. The number of halogens is 1. The lowest BCUT2D eigenvalue weighted by atomic mass is 10.1. The number of likely N-dealkylation sites (N-methyl/N-ethyl adjacent to an activating group) is 1. The summed E-state index contributed by atoms with van der Waals surface area (Å²) in [4.78, 5) is 32.2. The summed E-state index contributed by atoms with van der Waals surface area (Å²) in [6, 6.07) is 10.9. The van der Waals surface area contributed by atoms with Crippen molar-refractivity contribution in [1.82, 2.24) is 19.5 Å². The van der Waals surface area contributed by atoms with Crippen LogP contribution in [0, 0.1) is 0 Å². The maximum absolute atomic E-state index is 13.5. The van der Waals surface area contributed by atoms with Crippen molar-refractivity contribution in [3.63, 3.8) is 0 Å². The molecule has 1 aliphatic heterocycles. The molecule has 1 N–H and O–H groups in total. The van der Waals surface area contributed by atoms with E-state index in [4.69, 9.17) is 11.6 Å². The van der Waals surface area contributed by atoms with Gasteiger partial charge in [-0.1, -0.05) is 23.7 Å². The maximum Gasteiger partial charge on any atom is 0.283 e. The molecule has 4 aromatic rings. The molecule has 2 amide bonds. The highest BCUT2D eigenvalue weighted by Gasteiger charge is 2.40. The second kappa shape index (κ2) is 9.40. The number of piperazine rings is 1. The number of benzene rings is 2. The van der Waals surface area contributed by atoms with Crippen LogP contribution in [0.2, 0.25) is 5.02 Å². The molecule has 0 aliphatic carbocycles. The highest BCUT2D eigenvalue weighted by Crippen LogP contribution is 2.28. The van der Waals surface area contributed by atoms with Gasteiger partial charge < -0.3 is 10.2 Å². The summed E-state index contributed by atoms with van der Waals surface area (Å²) in [5, 5.41) is 4.94. The Labute approximate surface area is 217 Å². The Morgan fingerprint density at radius 2 is 1.89 bits per heavy atom. The Bertz CT molecular complexity index is 1620. The Kier molecular flexibility index (Phi) is 6.41. The summed E-state index contributed by atoms with van der Waals surface area (Å²) in [5.41, 5.74) is 0.684. The molecule has 0 spiro atoms. The van der Waals surface area contributed by atoms with Crippen LogP contribution in [0.1, 0.15) is 9.80 Å². The van der Waals surface area contributed by atoms with Crippen LogP contribution >= 0.6 is 22.9 Å². The molecular formula is C24H23ClN5O4S2+. The number of aromatic nitrogens is 2. The van der Waals surface area contributed by atoms with E-state index in [9.17, 15) is 18.0 Å². The molecule has 2 aromatic carbocycles. The van der Waals surface area contributed by atoms with Crippen LogP contribution in [0.4, 0.5) is 0 Å².